The van der Waals surface area contributed by atoms with Crippen LogP contribution >= 0.6 is 11.6 Å². The Morgan fingerprint density at radius 3 is 2.65 bits per heavy atom. The minimum Gasteiger partial charge on any atom is -0.497 e. The van der Waals surface area contributed by atoms with Gasteiger partial charge in [0.25, 0.3) is 0 Å². The molecule has 1 aromatic heterocycles. The van der Waals surface area contributed by atoms with Gasteiger partial charge in [0.2, 0.25) is 5.91 Å². The van der Waals surface area contributed by atoms with Crippen molar-refractivity contribution in [2.24, 2.45) is 10.9 Å². The van der Waals surface area contributed by atoms with Crippen LogP contribution in [-0.4, -0.2) is 40.0 Å². The van der Waals surface area contributed by atoms with Gasteiger partial charge in [-0.25, -0.2) is 0 Å². The first kappa shape index (κ1) is 24.0. The van der Waals surface area contributed by atoms with Crippen LogP contribution in [0.4, 0.5) is 0 Å². The molecule has 8 heteroatoms. The number of rotatable bonds is 8. The van der Waals surface area contributed by atoms with E-state index in [-0.39, 0.29) is 12.3 Å². The second kappa shape index (κ2) is 10.4. The van der Waals surface area contributed by atoms with Crippen LogP contribution in [0.5, 0.6) is 5.75 Å². The molecule has 0 saturated carbocycles. The minimum atomic E-state index is -0.490. The molecule has 0 saturated heterocycles. The molecular formula is C26H30ClN5O2. The summed E-state index contributed by atoms with van der Waals surface area (Å²) in [4.78, 5) is 17.9. The van der Waals surface area contributed by atoms with Crippen LogP contribution in [-0.2, 0) is 4.79 Å². The molecule has 0 bridgehead atoms. The summed E-state index contributed by atoms with van der Waals surface area (Å²) < 4.78 is 7.49. The van der Waals surface area contributed by atoms with Crippen LogP contribution in [0.1, 0.15) is 61.9 Å². The molecular weight excluding hydrogens is 450 g/mol. The highest BCUT2D eigenvalue weighted by molar-refractivity contribution is 6.30. The Bertz CT molecular complexity index is 1200. The van der Waals surface area contributed by atoms with Crippen molar-refractivity contribution in [3.05, 3.63) is 70.3 Å². The standard InChI is InChI=1S/C26H30ClN5O2/c1-16(2)6-5-13-28-24(33)15-22-26-31-30-17(3)32(26)23-12-11-20(34-4)14-21(23)25(29-22)18-7-9-19(27)10-8-18/h7-12,14,16,22H,5-6,13,15H2,1-4H3,(H,28,33). The third-order valence-electron chi connectivity index (χ3n) is 5.91. The number of amides is 1. The van der Waals surface area contributed by atoms with E-state index in [0.717, 1.165) is 41.2 Å². The first-order chi connectivity index (χ1) is 16.4. The number of ether oxygens (including phenoxy) is 1. The number of nitrogens with zero attached hydrogens (tertiary/aromatic N) is 4. The number of methoxy groups -OCH3 is 1. The number of hydrogen-bond donors (Lipinski definition) is 1. The molecule has 1 aliphatic rings. The topological polar surface area (TPSA) is 81.4 Å². The zero-order valence-electron chi connectivity index (χ0n) is 20.0. The van der Waals surface area contributed by atoms with Gasteiger partial charge in [-0.1, -0.05) is 37.6 Å². The van der Waals surface area contributed by atoms with Gasteiger partial charge in [-0.05, 0) is 56.0 Å². The molecule has 1 atom stereocenters. The van der Waals surface area contributed by atoms with E-state index in [2.05, 4.69) is 29.4 Å². The van der Waals surface area contributed by atoms with Gasteiger partial charge in [0, 0.05) is 22.7 Å². The summed E-state index contributed by atoms with van der Waals surface area (Å²) in [6, 6.07) is 12.9. The van der Waals surface area contributed by atoms with Gasteiger partial charge in [0.15, 0.2) is 5.82 Å². The Hall–Kier alpha value is -3.19. The average Bonchev–Trinajstić information content (AvgIpc) is 3.14. The second-order valence-corrected chi connectivity index (χ2v) is 9.35. The Morgan fingerprint density at radius 1 is 1.18 bits per heavy atom. The Balaban J connectivity index is 1.76. The highest BCUT2D eigenvalue weighted by atomic mass is 35.5. The van der Waals surface area contributed by atoms with Crippen LogP contribution < -0.4 is 10.1 Å². The molecule has 1 N–H and O–H groups in total. The highest BCUT2D eigenvalue weighted by Crippen LogP contribution is 2.34. The second-order valence-electron chi connectivity index (χ2n) is 8.91. The van der Waals surface area contributed by atoms with Gasteiger partial charge in [-0.3, -0.25) is 14.4 Å². The molecule has 2 aromatic carbocycles. The van der Waals surface area contributed by atoms with Crippen LogP contribution in [0.25, 0.3) is 5.69 Å². The van der Waals surface area contributed by atoms with Gasteiger partial charge < -0.3 is 10.1 Å². The number of nitrogens with one attached hydrogen (secondary N) is 1. The normalized spacial score (nSPS) is 14.8. The minimum absolute atomic E-state index is 0.0521. The van der Waals surface area contributed by atoms with Crippen molar-refractivity contribution >= 4 is 23.2 Å². The number of fused-ring (bicyclic) bond motifs is 3. The highest BCUT2D eigenvalue weighted by Gasteiger charge is 2.30. The molecule has 0 fully saturated rings. The van der Waals surface area contributed by atoms with Crippen molar-refractivity contribution in [2.75, 3.05) is 13.7 Å². The van der Waals surface area contributed by atoms with Crippen molar-refractivity contribution in [2.45, 2.75) is 46.1 Å². The van der Waals surface area contributed by atoms with Crippen molar-refractivity contribution in [3.8, 4) is 11.4 Å². The first-order valence-corrected chi connectivity index (χ1v) is 12.0. The molecule has 7 nitrogen and oxygen atoms in total. The van der Waals surface area contributed by atoms with Crippen LogP contribution in [0.3, 0.4) is 0 Å². The third-order valence-corrected chi connectivity index (χ3v) is 6.16. The fraction of sp³-hybridized carbons (Fsp3) is 0.385. The predicted molar refractivity (Wildman–Crippen MR) is 134 cm³/mol. The molecule has 4 rings (SSSR count). The number of carbonyl (C=O) groups is 1. The van der Waals surface area contributed by atoms with Crippen molar-refractivity contribution in [3.63, 3.8) is 0 Å². The molecule has 178 valence electrons. The number of aryl methyl sites for hydroxylation is 1. The smallest absolute Gasteiger partial charge is 0.222 e. The molecule has 0 radical (unpaired) electrons. The third kappa shape index (κ3) is 5.14. The molecule has 34 heavy (non-hydrogen) atoms. The van der Waals surface area contributed by atoms with E-state index >= 15 is 0 Å². The van der Waals surface area contributed by atoms with Gasteiger partial charge in [-0.2, -0.15) is 0 Å². The molecule has 0 aliphatic carbocycles. The SMILES string of the molecule is COc1ccc2c(c1)C(c1ccc(Cl)cc1)=NC(CC(=O)NCCCC(C)C)c1nnc(C)n1-2. The summed E-state index contributed by atoms with van der Waals surface area (Å²) in [7, 11) is 1.64. The lowest BCUT2D eigenvalue weighted by atomic mass is 10.00. The van der Waals surface area contributed by atoms with Gasteiger partial charge >= 0.3 is 0 Å². The monoisotopic (exact) mass is 479 g/mol. The number of carbonyl (C=O) groups excluding carboxylic acids is 1. The van der Waals surface area contributed by atoms with E-state index < -0.39 is 6.04 Å². The molecule has 0 spiro atoms. The quantitative estimate of drug-likeness (QED) is 0.457. The number of benzene rings is 2. The zero-order valence-corrected chi connectivity index (χ0v) is 20.8. The summed E-state index contributed by atoms with van der Waals surface area (Å²) in [5.41, 5.74) is 3.43. The van der Waals surface area contributed by atoms with E-state index in [9.17, 15) is 4.79 Å². The maximum Gasteiger partial charge on any atom is 0.222 e. The largest absolute Gasteiger partial charge is 0.497 e. The van der Waals surface area contributed by atoms with Crippen LogP contribution in [0, 0.1) is 12.8 Å². The first-order valence-electron chi connectivity index (χ1n) is 11.6. The van der Waals surface area contributed by atoms with E-state index in [1.54, 1.807) is 7.11 Å². The molecule has 1 unspecified atom stereocenters. The number of halogens is 1. The Morgan fingerprint density at radius 2 is 1.94 bits per heavy atom. The van der Waals surface area contributed by atoms with Crippen molar-refractivity contribution in [1.29, 1.82) is 0 Å². The maximum absolute atomic E-state index is 12.9. The summed E-state index contributed by atoms with van der Waals surface area (Å²) in [5, 5.41) is 12.4. The summed E-state index contributed by atoms with van der Waals surface area (Å²) in [5.74, 6) is 2.65. The Labute approximate surface area is 205 Å². The molecule has 1 aliphatic heterocycles. The van der Waals surface area contributed by atoms with Gasteiger partial charge in [0.1, 0.15) is 17.6 Å². The zero-order chi connectivity index (χ0) is 24.2. The van der Waals surface area contributed by atoms with Gasteiger partial charge in [0.05, 0.1) is 24.9 Å². The summed E-state index contributed by atoms with van der Waals surface area (Å²) in [6.45, 7) is 6.92. The van der Waals surface area contributed by atoms with E-state index in [1.807, 2.05) is 54.0 Å². The molecule has 2 heterocycles. The molecule has 1 amide bonds. The summed E-state index contributed by atoms with van der Waals surface area (Å²) in [6.07, 6.45) is 2.21. The fourth-order valence-corrected chi connectivity index (χ4v) is 4.29. The number of hydrogen-bond acceptors (Lipinski definition) is 5. The fourth-order valence-electron chi connectivity index (χ4n) is 4.16. The average molecular weight is 480 g/mol. The summed E-state index contributed by atoms with van der Waals surface area (Å²) >= 11 is 6.15. The van der Waals surface area contributed by atoms with Crippen molar-refractivity contribution in [1.82, 2.24) is 20.1 Å². The van der Waals surface area contributed by atoms with Crippen LogP contribution in [0.2, 0.25) is 5.02 Å². The number of aromatic nitrogens is 3. The van der Waals surface area contributed by atoms with Crippen molar-refractivity contribution < 1.29 is 9.53 Å². The van der Waals surface area contributed by atoms with E-state index in [0.29, 0.717) is 29.1 Å². The lowest BCUT2D eigenvalue weighted by Gasteiger charge is -2.14. The van der Waals surface area contributed by atoms with E-state index in [1.165, 1.54) is 0 Å². The lowest BCUT2D eigenvalue weighted by molar-refractivity contribution is -0.121. The number of aliphatic imine (C=N–C) groups is 1. The predicted octanol–water partition coefficient (Wildman–Crippen LogP) is 5.07. The Kier molecular flexibility index (Phi) is 7.32. The van der Waals surface area contributed by atoms with E-state index in [4.69, 9.17) is 21.3 Å². The van der Waals surface area contributed by atoms with Gasteiger partial charge in [-0.15, -0.1) is 10.2 Å². The maximum atomic E-state index is 12.9. The lowest BCUT2D eigenvalue weighted by Crippen LogP contribution is -2.26. The molecule has 3 aromatic rings. The van der Waals surface area contributed by atoms with Crippen LogP contribution in [0.15, 0.2) is 47.5 Å².